The van der Waals surface area contributed by atoms with Crippen LogP contribution in [-0.2, 0) is 9.53 Å². The highest BCUT2D eigenvalue weighted by Crippen LogP contribution is 2.39. The normalized spacial score (nSPS) is 31.8. The second-order valence-electron chi connectivity index (χ2n) is 4.02. The molecule has 0 radical (unpaired) electrons. The van der Waals surface area contributed by atoms with Gasteiger partial charge >= 0.3 is 5.97 Å². The molecule has 1 rings (SSSR count). The number of carbonyl (C=O) groups is 1. The average molecular weight is 216 g/mol. The third-order valence-corrected chi connectivity index (χ3v) is 4.53. The molecule has 1 aliphatic rings. The second kappa shape index (κ2) is 5.64. The average Bonchev–Trinajstić information content (AvgIpc) is 2.44. The van der Waals surface area contributed by atoms with E-state index in [-0.39, 0.29) is 5.97 Å². The summed E-state index contributed by atoms with van der Waals surface area (Å²) in [6.45, 7) is 6.93. The van der Waals surface area contributed by atoms with E-state index < -0.39 is 0 Å². The van der Waals surface area contributed by atoms with Crippen molar-refractivity contribution in [2.24, 2.45) is 5.92 Å². The Morgan fingerprint density at radius 1 is 1.50 bits per heavy atom. The quantitative estimate of drug-likeness (QED) is 0.676. The van der Waals surface area contributed by atoms with Gasteiger partial charge in [-0.2, -0.15) is 11.8 Å². The maximum Gasteiger partial charge on any atom is 0.305 e. The first-order valence-corrected chi connectivity index (χ1v) is 6.38. The first kappa shape index (κ1) is 11.9. The van der Waals surface area contributed by atoms with Gasteiger partial charge in [0.25, 0.3) is 0 Å². The Balaban J connectivity index is 2.17. The van der Waals surface area contributed by atoms with Crippen molar-refractivity contribution in [3.63, 3.8) is 0 Å². The van der Waals surface area contributed by atoms with Crippen molar-refractivity contribution in [2.75, 3.05) is 6.61 Å². The predicted octanol–water partition coefficient (Wildman–Crippen LogP) is 2.86. The van der Waals surface area contributed by atoms with Crippen molar-refractivity contribution in [1.29, 1.82) is 0 Å². The third kappa shape index (κ3) is 3.52. The zero-order chi connectivity index (χ0) is 10.6. The topological polar surface area (TPSA) is 26.3 Å². The first-order chi connectivity index (χ1) is 6.63. The van der Waals surface area contributed by atoms with Crippen LogP contribution >= 0.6 is 11.8 Å². The molecule has 0 aromatic rings. The van der Waals surface area contributed by atoms with E-state index in [0.29, 0.717) is 18.3 Å². The molecule has 3 unspecified atom stereocenters. The fourth-order valence-electron chi connectivity index (χ4n) is 1.80. The lowest BCUT2D eigenvalue weighted by Gasteiger charge is -2.07. The van der Waals surface area contributed by atoms with E-state index in [9.17, 15) is 4.79 Å². The lowest BCUT2D eigenvalue weighted by molar-refractivity contribution is -0.143. The van der Waals surface area contributed by atoms with Gasteiger partial charge in [-0.05, 0) is 25.7 Å². The molecule has 0 aromatic carbocycles. The number of ether oxygens (including phenoxy) is 1. The van der Waals surface area contributed by atoms with Crippen molar-refractivity contribution in [3.05, 3.63) is 0 Å². The summed E-state index contributed by atoms with van der Waals surface area (Å²) in [5.41, 5.74) is 0. The highest BCUT2D eigenvalue weighted by molar-refractivity contribution is 8.00. The zero-order valence-electron chi connectivity index (χ0n) is 9.29. The SMILES string of the molecule is CCOC(=O)CCC1CC(C)C(C)S1. The van der Waals surface area contributed by atoms with Crippen LogP contribution in [-0.4, -0.2) is 23.1 Å². The van der Waals surface area contributed by atoms with Gasteiger partial charge in [0.15, 0.2) is 0 Å². The Bertz CT molecular complexity index is 184. The molecule has 0 aromatic heterocycles. The molecule has 1 heterocycles. The molecule has 3 heteroatoms. The van der Waals surface area contributed by atoms with E-state index >= 15 is 0 Å². The van der Waals surface area contributed by atoms with Crippen LogP contribution in [0, 0.1) is 5.92 Å². The molecular weight excluding hydrogens is 196 g/mol. The van der Waals surface area contributed by atoms with Gasteiger partial charge in [0.2, 0.25) is 0 Å². The van der Waals surface area contributed by atoms with Gasteiger partial charge in [0, 0.05) is 16.9 Å². The Morgan fingerprint density at radius 2 is 2.21 bits per heavy atom. The van der Waals surface area contributed by atoms with Crippen LogP contribution in [0.1, 0.15) is 40.0 Å². The number of hydrogen-bond acceptors (Lipinski definition) is 3. The number of carbonyl (C=O) groups excluding carboxylic acids is 1. The fourth-order valence-corrected chi connectivity index (χ4v) is 3.45. The zero-order valence-corrected chi connectivity index (χ0v) is 10.1. The molecule has 0 amide bonds. The van der Waals surface area contributed by atoms with E-state index in [2.05, 4.69) is 13.8 Å². The fraction of sp³-hybridized carbons (Fsp3) is 0.909. The van der Waals surface area contributed by atoms with Gasteiger partial charge < -0.3 is 4.74 Å². The minimum Gasteiger partial charge on any atom is -0.466 e. The molecule has 1 aliphatic heterocycles. The van der Waals surface area contributed by atoms with Gasteiger partial charge in [-0.1, -0.05) is 13.8 Å². The van der Waals surface area contributed by atoms with Crippen LogP contribution in [0.2, 0.25) is 0 Å². The molecule has 14 heavy (non-hydrogen) atoms. The molecule has 0 aliphatic carbocycles. The van der Waals surface area contributed by atoms with E-state index in [4.69, 9.17) is 4.74 Å². The van der Waals surface area contributed by atoms with Gasteiger partial charge in [0.1, 0.15) is 0 Å². The van der Waals surface area contributed by atoms with Crippen LogP contribution in [0.5, 0.6) is 0 Å². The standard InChI is InChI=1S/C11H20O2S/c1-4-13-11(12)6-5-10-7-8(2)9(3)14-10/h8-10H,4-7H2,1-3H3. The summed E-state index contributed by atoms with van der Waals surface area (Å²) >= 11 is 2.03. The van der Waals surface area contributed by atoms with E-state index in [1.807, 2.05) is 18.7 Å². The summed E-state index contributed by atoms with van der Waals surface area (Å²) in [5.74, 6) is 0.757. The number of esters is 1. The molecule has 1 saturated heterocycles. The highest BCUT2D eigenvalue weighted by atomic mass is 32.2. The Hall–Kier alpha value is -0.180. The van der Waals surface area contributed by atoms with Crippen LogP contribution in [0.4, 0.5) is 0 Å². The van der Waals surface area contributed by atoms with Gasteiger partial charge in [-0.3, -0.25) is 4.79 Å². The van der Waals surface area contributed by atoms with Crippen molar-refractivity contribution >= 4 is 17.7 Å². The van der Waals surface area contributed by atoms with E-state index in [0.717, 1.165) is 17.6 Å². The van der Waals surface area contributed by atoms with E-state index in [1.54, 1.807) is 0 Å². The van der Waals surface area contributed by atoms with Crippen molar-refractivity contribution in [2.45, 2.75) is 50.5 Å². The van der Waals surface area contributed by atoms with Gasteiger partial charge in [-0.15, -0.1) is 0 Å². The van der Waals surface area contributed by atoms with Crippen LogP contribution in [0.15, 0.2) is 0 Å². The number of rotatable bonds is 4. The molecule has 2 nitrogen and oxygen atoms in total. The Kier molecular flexibility index (Phi) is 4.79. The molecule has 0 spiro atoms. The van der Waals surface area contributed by atoms with Crippen molar-refractivity contribution < 1.29 is 9.53 Å². The minimum absolute atomic E-state index is 0.0414. The smallest absolute Gasteiger partial charge is 0.305 e. The van der Waals surface area contributed by atoms with Crippen molar-refractivity contribution in [3.8, 4) is 0 Å². The lowest BCUT2D eigenvalue weighted by atomic mass is 10.0. The summed E-state index contributed by atoms with van der Waals surface area (Å²) in [4.78, 5) is 11.1. The van der Waals surface area contributed by atoms with Crippen LogP contribution in [0.25, 0.3) is 0 Å². The molecule has 0 saturated carbocycles. The second-order valence-corrected chi connectivity index (χ2v) is 5.70. The summed E-state index contributed by atoms with van der Waals surface area (Å²) in [6.07, 6.45) is 2.83. The Labute approximate surface area is 90.8 Å². The van der Waals surface area contributed by atoms with Crippen LogP contribution in [0.3, 0.4) is 0 Å². The summed E-state index contributed by atoms with van der Waals surface area (Å²) in [6, 6.07) is 0. The van der Waals surface area contributed by atoms with Crippen molar-refractivity contribution in [1.82, 2.24) is 0 Å². The molecule has 0 bridgehead atoms. The summed E-state index contributed by atoms with van der Waals surface area (Å²) in [7, 11) is 0. The summed E-state index contributed by atoms with van der Waals surface area (Å²) in [5, 5.41) is 1.42. The molecular formula is C11H20O2S. The third-order valence-electron chi connectivity index (χ3n) is 2.82. The monoisotopic (exact) mass is 216 g/mol. The number of hydrogen-bond donors (Lipinski definition) is 0. The molecule has 3 atom stereocenters. The largest absolute Gasteiger partial charge is 0.466 e. The molecule has 82 valence electrons. The van der Waals surface area contributed by atoms with Gasteiger partial charge in [-0.25, -0.2) is 0 Å². The highest BCUT2D eigenvalue weighted by Gasteiger charge is 2.28. The maximum absolute atomic E-state index is 11.1. The Morgan fingerprint density at radius 3 is 2.71 bits per heavy atom. The molecule has 1 fully saturated rings. The summed E-state index contributed by atoms with van der Waals surface area (Å²) < 4.78 is 4.91. The van der Waals surface area contributed by atoms with E-state index in [1.165, 1.54) is 6.42 Å². The van der Waals surface area contributed by atoms with Gasteiger partial charge in [0.05, 0.1) is 6.61 Å². The first-order valence-electron chi connectivity index (χ1n) is 5.44. The number of thioether (sulfide) groups is 1. The minimum atomic E-state index is -0.0414. The maximum atomic E-state index is 11.1. The van der Waals surface area contributed by atoms with Crippen LogP contribution < -0.4 is 0 Å². The lowest BCUT2D eigenvalue weighted by Crippen LogP contribution is -2.07. The molecule has 0 N–H and O–H groups in total. The predicted molar refractivity (Wildman–Crippen MR) is 60.5 cm³/mol.